The first kappa shape index (κ1) is 24.8. The average Bonchev–Trinajstić information content (AvgIpc) is 3.17. The smallest absolute Gasteiger partial charge is 0.369 e. The number of guanidine groups is 1. The first-order valence-electron chi connectivity index (χ1n) is 11.6. The molecule has 2 aliphatic heterocycles. The third kappa shape index (κ3) is 5.04. The first-order chi connectivity index (χ1) is 16.4. The Bertz CT molecular complexity index is 1180. The number of halogens is 3. The molecule has 35 heavy (non-hydrogen) atoms. The molecule has 1 fully saturated rings. The molecule has 0 spiro atoms. The summed E-state index contributed by atoms with van der Waals surface area (Å²) < 4.78 is 39.4. The van der Waals surface area contributed by atoms with Crippen LogP contribution in [0.1, 0.15) is 56.2 Å². The molecule has 0 radical (unpaired) electrons. The number of aliphatic imine (C=N–C) groups is 1. The van der Waals surface area contributed by atoms with Crippen molar-refractivity contribution in [3.8, 4) is 0 Å². The molecule has 2 aliphatic rings. The number of alkyl halides is 3. The summed E-state index contributed by atoms with van der Waals surface area (Å²) in [4.78, 5) is 33.2. The van der Waals surface area contributed by atoms with Crippen LogP contribution in [0.15, 0.2) is 53.5 Å². The number of hydrogen-bond donors (Lipinski definition) is 1. The van der Waals surface area contributed by atoms with Crippen LogP contribution >= 0.6 is 0 Å². The molecule has 2 amide bonds. The zero-order valence-corrected chi connectivity index (χ0v) is 20.0. The summed E-state index contributed by atoms with van der Waals surface area (Å²) in [7, 11) is 0. The largest absolute Gasteiger partial charge is 0.416 e. The summed E-state index contributed by atoms with van der Waals surface area (Å²) in [5.74, 6) is -0.284. The fourth-order valence-corrected chi connectivity index (χ4v) is 4.55. The fraction of sp³-hybridized carbons (Fsp3) is 0.423. The molecule has 0 bridgehead atoms. The van der Waals surface area contributed by atoms with E-state index < -0.39 is 17.3 Å². The molecular weight excluding hydrogens is 457 g/mol. The van der Waals surface area contributed by atoms with E-state index in [2.05, 4.69) is 4.99 Å². The van der Waals surface area contributed by atoms with Crippen molar-refractivity contribution >= 4 is 23.5 Å². The van der Waals surface area contributed by atoms with Crippen LogP contribution < -0.4 is 10.6 Å². The third-order valence-corrected chi connectivity index (χ3v) is 7.07. The lowest BCUT2D eigenvalue weighted by atomic mass is 9.84. The molecule has 4 rings (SSSR count). The average molecular weight is 487 g/mol. The summed E-state index contributed by atoms with van der Waals surface area (Å²) in [5.41, 5.74) is 6.78. The van der Waals surface area contributed by atoms with Gasteiger partial charge >= 0.3 is 6.18 Å². The van der Waals surface area contributed by atoms with Crippen molar-refractivity contribution in [2.45, 2.75) is 57.8 Å². The predicted octanol–water partition coefficient (Wildman–Crippen LogP) is 4.69. The van der Waals surface area contributed by atoms with Gasteiger partial charge in [0.1, 0.15) is 0 Å². The highest BCUT2D eigenvalue weighted by Crippen LogP contribution is 2.36. The van der Waals surface area contributed by atoms with Crippen molar-refractivity contribution < 1.29 is 22.8 Å². The van der Waals surface area contributed by atoms with E-state index in [4.69, 9.17) is 5.73 Å². The van der Waals surface area contributed by atoms with Gasteiger partial charge in [0.2, 0.25) is 11.8 Å². The molecule has 6 nitrogen and oxygen atoms in total. The van der Waals surface area contributed by atoms with Crippen LogP contribution in [0.5, 0.6) is 0 Å². The van der Waals surface area contributed by atoms with Gasteiger partial charge in [-0.2, -0.15) is 13.2 Å². The quantitative estimate of drug-likeness (QED) is 0.666. The van der Waals surface area contributed by atoms with Crippen molar-refractivity contribution in [2.24, 2.45) is 16.6 Å². The van der Waals surface area contributed by atoms with E-state index in [9.17, 15) is 22.8 Å². The Morgan fingerprint density at radius 3 is 2.49 bits per heavy atom. The van der Waals surface area contributed by atoms with Crippen LogP contribution in [0.4, 0.5) is 18.9 Å². The monoisotopic (exact) mass is 486 g/mol. The Hall–Kier alpha value is -3.36. The van der Waals surface area contributed by atoms with Gasteiger partial charge in [-0.25, -0.2) is 4.99 Å². The van der Waals surface area contributed by atoms with Crippen LogP contribution in [0, 0.1) is 5.92 Å². The second-order valence-electron chi connectivity index (χ2n) is 9.84. The summed E-state index contributed by atoms with van der Waals surface area (Å²) >= 11 is 0. The zero-order chi connectivity index (χ0) is 25.5. The first-order valence-corrected chi connectivity index (χ1v) is 11.6. The Balaban J connectivity index is 1.52. The molecule has 2 unspecified atom stereocenters. The molecule has 2 N–H and O–H groups in total. The van der Waals surface area contributed by atoms with E-state index in [0.717, 1.165) is 17.7 Å². The topological polar surface area (TPSA) is 79.0 Å². The minimum atomic E-state index is -4.43. The molecule has 2 aromatic rings. The molecule has 0 saturated carbocycles. The molecule has 9 heteroatoms. The standard InChI is InChI=1S/C26H29F3N4O2/c1-16(2)25(3)13-23(35)33(24(30)31-25)14-17-6-4-9-21(10-17)32-15-19(12-22(32)34)18-7-5-8-20(11-18)26(27,28)29/h4-11,16,19H,12-15H2,1-3H3,(H2,30,31). The molecule has 2 heterocycles. The van der Waals surface area contributed by atoms with Gasteiger partial charge in [-0.15, -0.1) is 0 Å². The normalized spacial score (nSPS) is 23.3. The van der Waals surface area contributed by atoms with Crippen LogP contribution in [0.2, 0.25) is 0 Å². The summed E-state index contributed by atoms with van der Waals surface area (Å²) in [5, 5.41) is 0. The van der Waals surface area contributed by atoms with Crippen molar-refractivity contribution in [3.05, 3.63) is 65.2 Å². The van der Waals surface area contributed by atoms with Crippen molar-refractivity contribution in [1.29, 1.82) is 0 Å². The summed E-state index contributed by atoms with van der Waals surface area (Å²) in [6.07, 6.45) is -4.05. The van der Waals surface area contributed by atoms with E-state index in [1.807, 2.05) is 32.9 Å². The van der Waals surface area contributed by atoms with Crippen LogP contribution in [-0.2, 0) is 22.3 Å². The number of amides is 2. The van der Waals surface area contributed by atoms with Crippen LogP contribution in [0.3, 0.4) is 0 Å². The van der Waals surface area contributed by atoms with E-state index in [-0.39, 0.29) is 55.5 Å². The van der Waals surface area contributed by atoms with E-state index in [0.29, 0.717) is 11.3 Å². The maximum absolute atomic E-state index is 13.1. The molecule has 2 aromatic carbocycles. The second-order valence-corrected chi connectivity index (χ2v) is 9.84. The lowest BCUT2D eigenvalue weighted by Crippen LogP contribution is -2.51. The number of benzene rings is 2. The van der Waals surface area contributed by atoms with Gasteiger partial charge in [0, 0.05) is 24.6 Å². The van der Waals surface area contributed by atoms with E-state index in [1.165, 1.54) is 11.0 Å². The fourth-order valence-electron chi connectivity index (χ4n) is 4.55. The molecule has 1 saturated heterocycles. The minimum Gasteiger partial charge on any atom is -0.369 e. The van der Waals surface area contributed by atoms with Gasteiger partial charge in [-0.05, 0) is 42.2 Å². The molecule has 0 aliphatic carbocycles. The Labute approximate surface area is 202 Å². The number of nitrogens with zero attached hydrogens (tertiary/aromatic N) is 3. The maximum Gasteiger partial charge on any atom is 0.416 e. The summed E-state index contributed by atoms with van der Waals surface area (Å²) in [6, 6.07) is 12.4. The molecule has 186 valence electrons. The highest BCUT2D eigenvalue weighted by molar-refractivity contribution is 5.99. The Kier molecular flexibility index (Phi) is 6.38. The van der Waals surface area contributed by atoms with Gasteiger partial charge in [0.15, 0.2) is 5.96 Å². The van der Waals surface area contributed by atoms with Crippen molar-refractivity contribution in [3.63, 3.8) is 0 Å². The molecular formula is C26H29F3N4O2. The highest BCUT2D eigenvalue weighted by Gasteiger charge is 2.39. The minimum absolute atomic E-state index is 0.110. The van der Waals surface area contributed by atoms with Crippen LogP contribution in [-0.4, -0.2) is 34.8 Å². The lowest BCUT2D eigenvalue weighted by molar-refractivity contribution is -0.137. The molecule has 0 aromatic heterocycles. The van der Waals surface area contributed by atoms with E-state index in [1.54, 1.807) is 23.1 Å². The second kappa shape index (κ2) is 9.02. The highest BCUT2D eigenvalue weighted by atomic mass is 19.4. The lowest BCUT2D eigenvalue weighted by Gasteiger charge is -2.37. The van der Waals surface area contributed by atoms with Gasteiger partial charge in [-0.3, -0.25) is 14.5 Å². The number of nitrogens with two attached hydrogens (primary N) is 1. The summed E-state index contributed by atoms with van der Waals surface area (Å²) in [6.45, 7) is 6.42. The zero-order valence-electron chi connectivity index (χ0n) is 20.0. The maximum atomic E-state index is 13.1. The number of carbonyl (C=O) groups excluding carboxylic acids is 2. The van der Waals surface area contributed by atoms with Crippen molar-refractivity contribution in [2.75, 3.05) is 11.4 Å². The van der Waals surface area contributed by atoms with Gasteiger partial charge in [0.05, 0.1) is 24.1 Å². The Morgan fingerprint density at radius 1 is 1.11 bits per heavy atom. The third-order valence-electron chi connectivity index (χ3n) is 7.07. The predicted molar refractivity (Wildman–Crippen MR) is 128 cm³/mol. The number of anilines is 1. The van der Waals surface area contributed by atoms with Gasteiger partial charge in [0.25, 0.3) is 0 Å². The number of carbonyl (C=O) groups is 2. The van der Waals surface area contributed by atoms with E-state index >= 15 is 0 Å². The van der Waals surface area contributed by atoms with Gasteiger partial charge in [-0.1, -0.05) is 44.2 Å². The SMILES string of the molecule is CC(C)C1(C)CC(=O)N(Cc2cccc(N3CC(c4cccc(C(F)(F)F)c4)CC3=O)c2)C(N)=N1. The van der Waals surface area contributed by atoms with Gasteiger partial charge < -0.3 is 10.6 Å². The molecule has 2 atom stereocenters. The van der Waals surface area contributed by atoms with Crippen LogP contribution in [0.25, 0.3) is 0 Å². The Morgan fingerprint density at radius 2 is 1.83 bits per heavy atom. The number of rotatable bonds is 5. The number of hydrogen-bond acceptors (Lipinski definition) is 4. The van der Waals surface area contributed by atoms with Crippen molar-refractivity contribution in [1.82, 2.24) is 4.90 Å².